The lowest BCUT2D eigenvalue weighted by atomic mass is 10.1. The van der Waals surface area contributed by atoms with Crippen LogP contribution in [0.5, 0.6) is 0 Å². The molecule has 1 aliphatic heterocycles. The molecule has 1 saturated heterocycles. The molecule has 2 aromatic rings. The number of carbonyl (C=O) groups excluding carboxylic acids is 2. The highest BCUT2D eigenvalue weighted by atomic mass is 32.1. The van der Waals surface area contributed by atoms with Gasteiger partial charge in [0, 0.05) is 31.9 Å². The standard InChI is InChI=1S/C18H18F3N3O2S/c19-18(20,21)13-3-1-4-14(11-13)23-6-8-24(9-7-23)16(25)12-22-17(26)15-5-2-10-27-15/h1-5,10-11H,6-9,12H2,(H,22,26). The monoisotopic (exact) mass is 397 g/mol. The van der Waals surface area contributed by atoms with Crippen molar-refractivity contribution in [3.8, 4) is 0 Å². The maximum atomic E-state index is 12.8. The normalized spacial score (nSPS) is 14.9. The molecule has 0 bridgehead atoms. The van der Waals surface area contributed by atoms with E-state index in [1.165, 1.54) is 17.4 Å². The van der Waals surface area contributed by atoms with Crippen molar-refractivity contribution in [3.63, 3.8) is 0 Å². The molecule has 0 saturated carbocycles. The highest BCUT2D eigenvalue weighted by Gasteiger charge is 2.31. The molecule has 1 aromatic heterocycles. The number of alkyl halides is 3. The van der Waals surface area contributed by atoms with Crippen LogP contribution < -0.4 is 10.2 Å². The van der Waals surface area contributed by atoms with Gasteiger partial charge in [-0.15, -0.1) is 11.3 Å². The van der Waals surface area contributed by atoms with Gasteiger partial charge < -0.3 is 15.1 Å². The van der Waals surface area contributed by atoms with Crippen molar-refractivity contribution in [2.24, 2.45) is 0 Å². The molecule has 0 unspecified atom stereocenters. The van der Waals surface area contributed by atoms with Gasteiger partial charge in [-0.3, -0.25) is 9.59 Å². The minimum Gasteiger partial charge on any atom is -0.368 e. The molecule has 0 aliphatic carbocycles. The molecule has 27 heavy (non-hydrogen) atoms. The van der Waals surface area contributed by atoms with Gasteiger partial charge in [-0.1, -0.05) is 12.1 Å². The lowest BCUT2D eigenvalue weighted by Crippen LogP contribution is -2.51. The third-order valence-corrected chi connectivity index (χ3v) is 5.18. The second kappa shape index (κ2) is 7.99. The van der Waals surface area contributed by atoms with Crippen molar-refractivity contribution in [1.82, 2.24) is 10.2 Å². The van der Waals surface area contributed by atoms with Crippen molar-refractivity contribution < 1.29 is 22.8 Å². The van der Waals surface area contributed by atoms with E-state index < -0.39 is 11.7 Å². The summed E-state index contributed by atoms with van der Waals surface area (Å²) in [6.45, 7) is 1.56. The van der Waals surface area contributed by atoms with Crippen LogP contribution in [0.4, 0.5) is 18.9 Å². The topological polar surface area (TPSA) is 52.7 Å². The minimum absolute atomic E-state index is 0.0969. The van der Waals surface area contributed by atoms with Gasteiger partial charge in [-0.25, -0.2) is 0 Å². The minimum atomic E-state index is -4.38. The van der Waals surface area contributed by atoms with E-state index in [1.807, 2.05) is 4.90 Å². The second-order valence-corrected chi connectivity index (χ2v) is 7.02. The number of halogens is 3. The van der Waals surface area contributed by atoms with Gasteiger partial charge in [0.25, 0.3) is 5.91 Å². The average Bonchev–Trinajstić information content (AvgIpc) is 3.20. The van der Waals surface area contributed by atoms with E-state index in [0.717, 1.165) is 12.1 Å². The zero-order valence-electron chi connectivity index (χ0n) is 14.3. The van der Waals surface area contributed by atoms with Gasteiger partial charge in [0.1, 0.15) is 0 Å². The first-order valence-corrected chi connectivity index (χ1v) is 9.24. The van der Waals surface area contributed by atoms with Crippen LogP contribution in [0.1, 0.15) is 15.2 Å². The van der Waals surface area contributed by atoms with E-state index in [0.29, 0.717) is 36.7 Å². The lowest BCUT2D eigenvalue weighted by Gasteiger charge is -2.36. The van der Waals surface area contributed by atoms with Crippen LogP contribution in [0.3, 0.4) is 0 Å². The van der Waals surface area contributed by atoms with Crippen LogP contribution in [0, 0.1) is 0 Å². The predicted octanol–water partition coefficient (Wildman–Crippen LogP) is 2.85. The number of anilines is 1. The summed E-state index contributed by atoms with van der Waals surface area (Å²) >= 11 is 1.30. The Morgan fingerprint density at radius 1 is 1.07 bits per heavy atom. The molecule has 3 rings (SSSR count). The van der Waals surface area contributed by atoms with Gasteiger partial charge in [-0.2, -0.15) is 13.2 Å². The number of hydrogen-bond acceptors (Lipinski definition) is 4. The zero-order chi connectivity index (χ0) is 19.4. The van der Waals surface area contributed by atoms with Crippen LogP contribution in [0.2, 0.25) is 0 Å². The first-order valence-electron chi connectivity index (χ1n) is 8.36. The van der Waals surface area contributed by atoms with Crippen LogP contribution in [-0.4, -0.2) is 49.4 Å². The number of hydrogen-bond donors (Lipinski definition) is 1. The van der Waals surface area contributed by atoms with Crippen LogP contribution in [0.15, 0.2) is 41.8 Å². The molecular weight excluding hydrogens is 379 g/mol. The highest BCUT2D eigenvalue weighted by molar-refractivity contribution is 7.12. The van der Waals surface area contributed by atoms with Crippen LogP contribution in [-0.2, 0) is 11.0 Å². The highest BCUT2D eigenvalue weighted by Crippen LogP contribution is 2.31. The van der Waals surface area contributed by atoms with Gasteiger partial charge >= 0.3 is 6.18 Å². The average molecular weight is 397 g/mol. The van der Waals surface area contributed by atoms with Crippen molar-refractivity contribution in [3.05, 3.63) is 52.2 Å². The number of thiophene rings is 1. The third kappa shape index (κ3) is 4.79. The summed E-state index contributed by atoms with van der Waals surface area (Å²) in [7, 11) is 0. The molecule has 1 fully saturated rings. The summed E-state index contributed by atoms with van der Waals surface area (Å²) in [6, 6.07) is 8.62. The summed E-state index contributed by atoms with van der Waals surface area (Å²) in [4.78, 5) is 28.1. The number of amides is 2. The third-order valence-electron chi connectivity index (χ3n) is 4.32. The summed E-state index contributed by atoms with van der Waals surface area (Å²) in [5.41, 5.74) is -0.197. The Kier molecular flexibility index (Phi) is 5.69. The maximum Gasteiger partial charge on any atom is 0.416 e. The largest absolute Gasteiger partial charge is 0.416 e. The first kappa shape index (κ1) is 19.2. The fourth-order valence-corrected chi connectivity index (χ4v) is 3.50. The van der Waals surface area contributed by atoms with E-state index >= 15 is 0 Å². The molecule has 0 radical (unpaired) electrons. The van der Waals surface area contributed by atoms with E-state index in [4.69, 9.17) is 0 Å². The van der Waals surface area contributed by atoms with E-state index in [9.17, 15) is 22.8 Å². The summed E-state index contributed by atoms with van der Waals surface area (Å²) in [5, 5.41) is 4.37. The molecule has 9 heteroatoms. The Bertz CT molecular complexity index is 800. The number of nitrogens with zero attached hydrogens (tertiary/aromatic N) is 2. The number of carbonyl (C=O) groups is 2. The Labute approximate surface area is 158 Å². The molecule has 2 heterocycles. The van der Waals surface area contributed by atoms with Crippen molar-refractivity contribution in [2.45, 2.75) is 6.18 Å². The van der Waals surface area contributed by atoms with Gasteiger partial charge in [0.15, 0.2) is 0 Å². The number of nitrogens with one attached hydrogen (secondary N) is 1. The molecule has 1 aromatic carbocycles. The smallest absolute Gasteiger partial charge is 0.368 e. The fourth-order valence-electron chi connectivity index (χ4n) is 2.86. The molecule has 1 aliphatic rings. The molecule has 0 spiro atoms. The SMILES string of the molecule is O=C(NCC(=O)N1CCN(c2cccc(C(F)(F)F)c2)CC1)c1cccs1. The van der Waals surface area contributed by atoms with Crippen LogP contribution >= 0.6 is 11.3 Å². The van der Waals surface area contributed by atoms with Gasteiger partial charge in [0.2, 0.25) is 5.91 Å². The van der Waals surface area contributed by atoms with E-state index in [2.05, 4.69) is 5.32 Å². The molecule has 0 atom stereocenters. The number of rotatable bonds is 4. The first-order chi connectivity index (χ1) is 12.8. The maximum absolute atomic E-state index is 12.8. The summed E-state index contributed by atoms with van der Waals surface area (Å²) in [5.74, 6) is -0.496. The second-order valence-electron chi connectivity index (χ2n) is 6.08. The number of benzene rings is 1. The Hall–Kier alpha value is -2.55. The van der Waals surface area contributed by atoms with E-state index in [1.54, 1.807) is 28.5 Å². The molecule has 2 amide bonds. The van der Waals surface area contributed by atoms with Crippen molar-refractivity contribution in [2.75, 3.05) is 37.6 Å². The van der Waals surface area contributed by atoms with Crippen LogP contribution in [0.25, 0.3) is 0 Å². The van der Waals surface area contributed by atoms with Gasteiger partial charge in [0.05, 0.1) is 17.0 Å². The fraction of sp³-hybridized carbons (Fsp3) is 0.333. The Balaban J connectivity index is 1.51. The Morgan fingerprint density at radius 2 is 1.81 bits per heavy atom. The predicted molar refractivity (Wildman–Crippen MR) is 96.9 cm³/mol. The molecular formula is C18H18F3N3O2S. The molecule has 5 nitrogen and oxygen atoms in total. The zero-order valence-corrected chi connectivity index (χ0v) is 15.1. The lowest BCUT2D eigenvalue weighted by molar-refractivity contribution is -0.137. The quantitative estimate of drug-likeness (QED) is 0.863. The molecule has 144 valence electrons. The molecule has 1 N–H and O–H groups in total. The van der Waals surface area contributed by atoms with E-state index in [-0.39, 0.29) is 18.4 Å². The Morgan fingerprint density at radius 3 is 2.44 bits per heavy atom. The van der Waals surface area contributed by atoms with Gasteiger partial charge in [-0.05, 0) is 29.6 Å². The number of piperazine rings is 1. The van der Waals surface area contributed by atoms with Crippen molar-refractivity contribution >= 4 is 28.8 Å². The summed E-state index contributed by atoms with van der Waals surface area (Å²) < 4.78 is 38.5. The summed E-state index contributed by atoms with van der Waals surface area (Å²) in [6.07, 6.45) is -4.38. The van der Waals surface area contributed by atoms with Crippen molar-refractivity contribution in [1.29, 1.82) is 0 Å².